The Labute approximate surface area is 151 Å². The molecule has 132 valence electrons. The number of furan rings is 1. The van der Waals surface area contributed by atoms with Gasteiger partial charge in [0.1, 0.15) is 0 Å². The van der Waals surface area contributed by atoms with Crippen molar-refractivity contribution in [1.82, 2.24) is 4.57 Å². The zero-order chi connectivity index (χ0) is 17.9. The van der Waals surface area contributed by atoms with Crippen LogP contribution in [0.1, 0.15) is 22.9 Å². The molecule has 0 saturated carbocycles. The maximum Gasteiger partial charge on any atom is 0.153 e. The number of aliphatic hydroxyl groups excluding tert-OH is 2. The normalized spacial score (nSPS) is 12.4. The molecule has 1 atom stereocenters. The van der Waals surface area contributed by atoms with Crippen LogP contribution >= 0.6 is 0 Å². The van der Waals surface area contributed by atoms with Gasteiger partial charge in [-0.25, -0.2) is 0 Å². The van der Waals surface area contributed by atoms with E-state index in [1.807, 2.05) is 48.7 Å². The standard InChI is InChI=1S/C21H20N2O3/c24-13-16-7-5-15(6-8-16)11-23-12-19(18-3-1-2-4-20(18)23)22-21(25)17-9-10-26-14-17/h1-10,12,14,21-22,24-25H,11,13H2. The summed E-state index contributed by atoms with van der Waals surface area (Å²) >= 11 is 0. The fraction of sp³-hybridized carbons (Fsp3) is 0.143. The topological polar surface area (TPSA) is 70.6 Å². The number of hydrogen-bond acceptors (Lipinski definition) is 4. The third-order valence-corrected chi connectivity index (χ3v) is 4.50. The van der Waals surface area contributed by atoms with Gasteiger partial charge >= 0.3 is 0 Å². The van der Waals surface area contributed by atoms with E-state index < -0.39 is 6.23 Å². The predicted octanol–water partition coefficient (Wildman–Crippen LogP) is 3.88. The molecule has 0 amide bonds. The van der Waals surface area contributed by atoms with Crippen molar-refractivity contribution in [3.05, 3.63) is 90.0 Å². The SMILES string of the molecule is OCc1ccc(Cn2cc(NC(O)c3ccoc3)c3ccccc32)cc1. The van der Waals surface area contributed by atoms with Crippen LogP contribution in [0.25, 0.3) is 10.9 Å². The van der Waals surface area contributed by atoms with Gasteiger partial charge in [0.15, 0.2) is 6.23 Å². The summed E-state index contributed by atoms with van der Waals surface area (Å²) in [6, 6.07) is 17.7. The molecule has 0 aliphatic carbocycles. The molecule has 0 fully saturated rings. The number of rotatable bonds is 6. The second-order valence-corrected chi connectivity index (χ2v) is 6.27. The Hall–Kier alpha value is -3.02. The highest BCUT2D eigenvalue weighted by Gasteiger charge is 2.13. The number of para-hydroxylation sites is 1. The molecule has 4 rings (SSSR count). The second-order valence-electron chi connectivity index (χ2n) is 6.27. The first-order valence-electron chi connectivity index (χ1n) is 8.48. The lowest BCUT2D eigenvalue weighted by Gasteiger charge is -2.11. The summed E-state index contributed by atoms with van der Waals surface area (Å²) in [5.74, 6) is 0. The third-order valence-electron chi connectivity index (χ3n) is 4.50. The quantitative estimate of drug-likeness (QED) is 0.463. The van der Waals surface area contributed by atoms with E-state index in [1.54, 1.807) is 12.3 Å². The van der Waals surface area contributed by atoms with E-state index in [0.717, 1.165) is 27.7 Å². The van der Waals surface area contributed by atoms with E-state index in [2.05, 4.69) is 16.0 Å². The van der Waals surface area contributed by atoms with Crippen LogP contribution in [-0.2, 0) is 13.2 Å². The van der Waals surface area contributed by atoms with Gasteiger partial charge < -0.3 is 24.5 Å². The molecule has 0 saturated heterocycles. The van der Waals surface area contributed by atoms with Gasteiger partial charge in [0.25, 0.3) is 0 Å². The number of anilines is 1. The van der Waals surface area contributed by atoms with E-state index in [1.165, 1.54) is 6.26 Å². The summed E-state index contributed by atoms with van der Waals surface area (Å²) in [6.07, 6.45) is 4.24. The van der Waals surface area contributed by atoms with Gasteiger partial charge in [-0.1, -0.05) is 42.5 Å². The van der Waals surface area contributed by atoms with Crippen molar-refractivity contribution < 1.29 is 14.6 Å². The minimum absolute atomic E-state index is 0.0483. The van der Waals surface area contributed by atoms with E-state index >= 15 is 0 Å². The molecule has 2 aromatic carbocycles. The van der Waals surface area contributed by atoms with E-state index in [4.69, 9.17) is 4.42 Å². The molecule has 0 aliphatic rings. The van der Waals surface area contributed by atoms with Crippen molar-refractivity contribution in [2.75, 3.05) is 5.32 Å². The third kappa shape index (κ3) is 3.22. The maximum absolute atomic E-state index is 10.4. The summed E-state index contributed by atoms with van der Waals surface area (Å²) in [5.41, 5.74) is 4.67. The number of fused-ring (bicyclic) bond motifs is 1. The Kier molecular flexibility index (Phi) is 4.48. The molecule has 2 aromatic heterocycles. The Balaban J connectivity index is 1.64. The second kappa shape index (κ2) is 7.07. The lowest BCUT2D eigenvalue weighted by molar-refractivity contribution is 0.207. The maximum atomic E-state index is 10.4. The highest BCUT2D eigenvalue weighted by atomic mass is 16.3. The Morgan fingerprint density at radius 3 is 2.50 bits per heavy atom. The molecule has 0 aliphatic heterocycles. The zero-order valence-electron chi connectivity index (χ0n) is 14.2. The number of nitrogens with one attached hydrogen (secondary N) is 1. The molecule has 0 spiro atoms. The fourth-order valence-corrected chi connectivity index (χ4v) is 3.10. The minimum atomic E-state index is -0.836. The molecule has 5 nitrogen and oxygen atoms in total. The molecular formula is C21H20N2O3. The van der Waals surface area contributed by atoms with Crippen LogP contribution in [0.5, 0.6) is 0 Å². The lowest BCUT2D eigenvalue weighted by atomic mass is 10.1. The molecule has 1 unspecified atom stereocenters. The number of aromatic nitrogens is 1. The average Bonchev–Trinajstić information content (AvgIpc) is 3.32. The molecule has 2 heterocycles. The first-order chi connectivity index (χ1) is 12.7. The van der Waals surface area contributed by atoms with Crippen molar-refractivity contribution in [3.8, 4) is 0 Å². The Bertz CT molecular complexity index is 988. The monoisotopic (exact) mass is 348 g/mol. The number of aliphatic hydroxyl groups is 2. The van der Waals surface area contributed by atoms with Gasteiger partial charge in [-0.2, -0.15) is 0 Å². The first kappa shape index (κ1) is 16.4. The van der Waals surface area contributed by atoms with E-state index in [0.29, 0.717) is 12.1 Å². The van der Waals surface area contributed by atoms with Crippen LogP contribution in [0, 0.1) is 0 Å². The number of nitrogens with zero attached hydrogens (tertiary/aromatic N) is 1. The summed E-state index contributed by atoms with van der Waals surface area (Å²) < 4.78 is 7.19. The van der Waals surface area contributed by atoms with E-state index in [9.17, 15) is 10.2 Å². The summed E-state index contributed by atoms with van der Waals surface area (Å²) in [7, 11) is 0. The summed E-state index contributed by atoms with van der Waals surface area (Å²) in [6.45, 7) is 0.752. The molecule has 0 radical (unpaired) electrons. The average molecular weight is 348 g/mol. The summed E-state index contributed by atoms with van der Waals surface area (Å²) in [5, 5.41) is 23.8. The van der Waals surface area contributed by atoms with Crippen molar-refractivity contribution in [2.45, 2.75) is 19.4 Å². The Morgan fingerprint density at radius 2 is 1.77 bits per heavy atom. The van der Waals surface area contributed by atoms with Gasteiger partial charge in [-0.3, -0.25) is 0 Å². The van der Waals surface area contributed by atoms with Crippen LogP contribution < -0.4 is 5.32 Å². The van der Waals surface area contributed by atoms with Crippen molar-refractivity contribution >= 4 is 16.6 Å². The minimum Gasteiger partial charge on any atom is -0.472 e. The van der Waals surface area contributed by atoms with Gasteiger partial charge in [-0.05, 0) is 23.3 Å². The molecular weight excluding hydrogens is 328 g/mol. The fourth-order valence-electron chi connectivity index (χ4n) is 3.10. The molecule has 3 N–H and O–H groups in total. The van der Waals surface area contributed by atoms with Gasteiger partial charge in [-0.15, -0.1) is 0 Å². The highest BCUT2D eigenvalue weighted by Crippen LogP contribution is 2.29. The van der Waals surface area contributed by atoms with Crippen LogP contribution in [0.15, 0.2) is 77.7 Å². The highest BCUT2D eigenvalue weighted by molar-refractivity contribution is 5.93. The van der Waals surface area contributed by atoms with Gasteiger partial charge in [0.05, 0.1) is 30.3 Å². The predicted molar refractivity (Wildman–Crippen MR) is 101 cm³/mol. The van der Waals surface area contributed by atoms with Crippen molar-refractivity contribution in [2.24, 2.45) is 0 Å². The lowest BCUT2D eigenvalue weighted by Crippen LogP contribution is -2.08. The molecule has 4 aromatic rings. The molecule has 0 bridgehead atoms. The molecule has 26 heavy (non-hydrogen) atoms. The van der Waals surface area contributed by atoms with Crippen LogP contribution in [0.4, 0.5) is 5.69 Å². The molecule has 5 heteroatoms. The van der Waals surface area contributed by atoms with Crippen LogP contribution in [0.3, 0.4) is 0 Å². The number of hydrogen-bond donors (Lipinski definition) is 3. The van der Waals surface area contributed by atoms with Crippen LogP contribution in [-0.4, -0.2) is 14.8 Å². The van der Waals surface area contributed by atoms with Gasteiger partial charge in [0, 0.05) is 23.7 Å². The zero-order valence-corrected chi connectivity index (χ0v) is 14.2. The first-order valence-corrected chi connectivity index (χ1v) is 8.48. The van der Waals surface area contributed by atoms with Crippen LogP contribution in [0.2, 0.25) is 0 Å². The van der Waals surface area contributed by atoms with Gasteiger partial charge in [0.2, 0.25) is 0 Å². The largest absolute Gasteiger partial charge is 0.472 e. The Morgan fingerprint density at radius 1 is 1.00 bits per heavy atom. The van der Waals surface area contributed by atoms with E-state index in [-0.39, 0.29) is 6.61 Å². The number of benzene rings is 2. The smallest absolute Gasteiger partial charge is 0.153 e. The van der Waals surface area contributed by atoms with Crippen molar-refractivity contribution in [1.29, 1.82) is 0 Å². The van der Waals surface area contributed by atoms with Crippen molar-refractivity contribution in [3.63, 3.8) is 0 Å². The summed E-state index contributed by atoms with van der Waals surface area (Å²) in [4.78, 5) is 0.